The molecular weight excluding hydrogens is 440 g/mol. The van der Waals surface area contributed by atoms with Crippen molar-refractivity contribution < 1.29 is 29.4 Å². The van der Waals surface area contributed by atoms with E-state index < -0.39 is 34.6 Å². The molecule has 29 heavy (non-hydrogen) atoms. The van der Waals surface area contributed by atoms with Crippen LogP contribution in [0.2, 0.25) is 0 Å². The molecule has 0 aromatic heterocycles. The van der Waals surface area contributed by atoms with Crippen LogP contribution >= 0.6 is 15.9 Å². The van der Waals surface area contributed by atoms with Crippen LogP contribution < -0.4 is 0 Å². The van der Waals surface area contributed by atoms with Crippen molar-refractivity contribution in [1.82, 2.24) is 0 Å². The van der Waals surface area contributed by atoms with Crippen LogP contribution in [-0.2, 0) is 0 Å². The van der Waals surface area contributed by atoms with Crippen LogP contribution in [0.25, 0.3) is 0 Å². The second kappa shape index (κ2) is 8.20. The summed E-state index contributed by atoms with van der Waals surface area (Å²) in [6, 6.07) is 16.0. The first-order valence-corrected chi connectivity index (χ1v) is 9.13. The third-order valence-electron chi connectivity index (χ3n) is 4.25. The van der Waals surface area contributed by atoms with E-state index in [0.29, 0.717) is 0 Å². The summed E-state index contributed by atoms with van der Waals surface area (Å²) in [5.41, 5.74) is -1.09. The van der Waals surface area contributed by atoms with Gasteiger partial charge in [-0.3, -0.25) is 9.59 Å². The van der Waals surface area contributed by atoms with Crippen LogP contribution in [0.3, 0.4) is 0 Å². The molecule has 0 atom stereocenters. The first kappa shape index (κ1) is 20.2. The second-order valence-corrected chi connectivity index (χ2v) is 7.00. The number of ketones is 2. The largest absolute Gasteiger partial charge is 0.478 e. The van der Waals surface area contributed by atoms with Crippen LogP contribution in [0.1, 0.15) is 52.6 Å². The highest BCUT2D eigenvalue weighted by Crippen LogP contribution is 2.24. The summed E-state index contributed by atoms with van der Waals surface area (Å²) in [5, 5.41) is 19.2. The number of carbonyl (C=O) groups is 4. The smallest absolute Gasteiger partial charge is 0.336 e. The van der Waals surface area contributed by atoms with Crippen molar-refractivity contribution in [2.75, 3.05) is 0 Å². The zero-order chi connectivity index (χ0) is 21.1. The van der Waals surface area contributed by atoms with Gasteiger partial charge in [0.25, 0.3) is 0 Å². The van der Waals surface area contributed by atoms with Crippen LogP contribution in [0.4, 0.5) is 0 Å². The van der Waals surface area contributed by atoms with E-state index in [0.717, 1.165) is 16.6 Å². The molecule has 3 aromatic rings. The average molecular weight is 453 g/mol. The molecule has 0 saturated heterocycles. The van der Waals surface area contributed by atoms with Gasteiger partial charge in [-0.05, 0) is 36.4 Å². The van der Waals surface area contributed by atoms with E-state index in [1.807, 2.05) is 0 Å². The Hall–Kier alpha value is -3.58. The molecule has 0 radical (unpaired) electrons. The molecule has 144 valence electrons. The monoisotopic (exact) mass is 452 g/mol. The summed E-state index contributed by atoms with van der Waals surface area (Å²) < 4.78 is 0.725. The van der Waals surface area contributed by atoms with Gasteiger partial charge in [-0.1, -0.05) is 46.3 Å². The Morgan fingerprint density at radius 3 is 1.41 bits per heavy atom. The Labute approximate surface area is 173 Å². The normalized spacial score (nSPS) is 10.4. The molecule has 0 fully saturated rings. The number of benzene rings is 3. The van der Waals surface area contributed by atoms with Gasteiger partial charge in [0.1, 0.15) is 0 Å². The van der Waals surface area contributed by atoms with Gasteiger partial charge in [0, 0.05) is 26.7 Å². The number of carbonyl (C=O) groups excluding carboxylic acids is 2. The van der Waals surface area contributed by atoms with Gasteiger partial charge in [0.15, 0.2) is 11.6 Å². The van der Waals surface area contributed by atoms with Crippen LogP contribution in [0.5, 0.6) is 0 Å². The van der Waals surface area contributed by atoms with Crippen LogP contribution in [0.15, 0.2) is 71.2 Å². The molecule has 0 aliphatic heterocycles. The number of halogens is 1. The van der Waals surface area contributed by atoms with Gasteiger partial charge >= 0.3 is 11.9 Å². The predicted molar refractivity (Wildman–Crippen MR) is 108 cm³/mol. The predicted octanol–water partition coefficient (Wildman–Crippen LogP) is 4.31. The number of carboxylic acid groups (broad SMARTS) is 2. The second-order valence-electron chi connectivity index (χ2n) is 6.08. The third-order valence-corrected chi connectivity index (χ3v) is 4.78. The Morgan fingerprint density at radius 1 is 0.586 bits per heavy atom. The fraction of sp³-hybridized carbons (Fsp3) is 0. The Balaban J connectivity index is 2.21. The third kappa shape index (κ3) is 4.14. The van der Waals surface area contributed by atoms with E-state index in [2.05, 4.69) is 15.9 Å². The molecule has 2 N–H and O–H groups in total. The van der Waals surface area contributed by atoms with Crippen molar-refractivity contribution in [3.05, 3.63) is 105 Å². The minimum atomic E-state index is -1.44. The summed E-state index contributed by atoms with van der Waals surface area (Å²) >= 11 is 3.25. The summed E-state index contributed by atoms with van der Waals surface area (Å²) in [6.45, 7) is 0. The molecule has 6 nitrogen and oxygen atoms in total. The molecule has 7 heteroatoms. The molecule has 0 amide bonds. The van der Waals surface area contributed by atoms with E-state index >= 15 is 0 Å². The fourth-order valence-electron chi connectivity index (χ4n) is 2.83. The first-order valence-electron chi connectivity index (χ1n) is 8.34. The minimum Gasteiger partial charge on any atom is -0.478 e. The van der Waals surface area contributed by atoms with Crippen molar-refractivity contribution in [2.45, 2.75) is 0 Å². The number of carboxylic acids is 2. The Morgan fingerprint density at radius 2 is 1.00 bits per heavy atom. The van der Waals surface area contributed by atoms with Gasteiger partial charge in [-0.25, -0.2) is 9.59 Å². The van der Waals surface area contributed by atoms with Crippen LogP contribution in [-0.4, -0.2) is 33.7 Å². The van der Waals surface area contributed by atoms with Crippen LogP contribution in [0, 0.1) is 0 Å². The summed E-state index contributed by atoms with van der Waals surface area (Å²) in [6.07, 6.45) is 0. The topological polar surface area (TPSA) is 109 Å². The van der Waals surface area contributed by atoms with Gasteiger partial charge < -0.3 is 10.2 Å². The standard InChI is InChI=1S/C22H13BrO6/c23-14-8-6-13(7-9-14)20(25)16-11-17(21(26)27)15(10-18(16)22(28)29)19(24)12-4-2-1-3-5-12/h1-11H,(H,26,27)(H,28,29). The molecule has 0 aliphatic carbocycles. The maximum Gasteiger partial charge on any atom is 0.336 e. The highest BCUT2D eigenvalue weighted by atomic mass is 79.9. The molecule has 0 aliphatic rings. The molecule has 0 bridgehead atoms. The summed E-state index contributed by atoms with van der Waals surface area (Å²) in [4.78, 5) is 49.2. The lowest BCUT2D eigenvalue weighted by molar-refractivity contribution is 0.0677. The number of aromatic carboxylic acids is 2. The van der Waals surface area contributed by atoms with E-state index in [1.165, 1.54) is 24.3 Å². The maximum absolute atomic E-state index is 12.9. The molecule has 0 heterocycles. The molecule has 0 saturated carbocycles. The number of hydrogen-bond donors (Lipinski definition) is 2. The molecule has 0 spiro atoms. The first-order chi connectivity index (χ1) is 13.8. The lowest BCUT2D eigenvalue weighted by Gasteiger charge is -2.12. The highest BCUT2D eigenvalue weighted by Gasteiger charge is 2.26. The van der Waals surface area contributed by atoms with Crippen molar-refractivity contribution in [2.24, 2.45) is 0 Å². The Bertz CT molecular complexity index is 1130. The maximum atomic E-state index is 12.9. The van der Waals surface area contributed by atoms with Crippen molar-refractivity contribution in [3.8, 4) is 0 Å². The van der Waals surface area contributed by atoms with Gasteiger partial charge in [0.2, 0.25) is 0 Å². The molecule has 3 aromatic carbocycles. The van der Waals surface area contributed by atoms with E-state index in [4.69, 9.17) is 0 Å². The lowest BCUT2D eigenvalue weighted by Crippen LogP contribution is -2.17. The lowest BCUT2D eigenvalue weighted by atomic mass is 9.90. The molecular formula is C22H13BrO6. The van der Waals surface area contributed by atoms with Gasteiger partial charge in [0.05, 0.1) is 11.1 Å². The number of rotatable bonds is 6. The highest BCUT2D eigenvalue weighted by molar-refractivity contribution is 9.10. The van der Waals surface area contributed by atoms with Crippen molar-refractivity contribution >= 4 is 39.4 Å². The van der Waals surface area contributed by atoms with E-state index in [-0.39, 0.29) is 22.3 Å². The van der Waals surface area contributed by atoms with E-state index in [1.54, 1.807) is 30.3 Å². The molecule has 3 rings (SSSR count). The van der Waals surface area contributed by atoms with Gasteiger partial charge in [-0.15, -0.1) is 0 Å². The van der Waals surface area contributed by atoms with Crippen molar-refractivity contribution in [1.29, 1.82) is 0 Å². The minimum absolute atomic E-state index is 0.189. The fourth-order valence-corrected chi connectivity index (χ4v) is 3.10. The summed E-state index contributed by atoms with van der Waals surface area (Å²) in [5.74, 6) is -4.18. The number of hydrogen-bond acceptors (Lipinski definition) is 4. The Kier molecular flexibility index (Phi) is 5.70. The van der Waals surface area contributed by atoms with Gasteiger partial charge in [-0.2, -0.15) is 0 Å². The SMILES string of the molecule is O=C(O)c1cc(C(=O)c2ccc(Br)cc2)c(C(=O)O)cc1C(=O)c1ccccc1. The average Bonchev–Trinajstić information content (AvgIpc) is 2.72. The van der Waals surface area contributed by atoms with Crippen molar-refractivity contribution in [3.63, 3.8) is 0 Å². The summed E-state index contributed by atoms with van der Waals surface area (Å²) in [7, 11) is 0. The molecule has 0 unspecified atom stereocenters. The van der Waals surface area contributed by atoms with E-state index in [9.17, 15) is 29.4 Å². The zero-order valence-corrected chi connectivity index (χ0v) is 16.3. The zero-order valence-electron chi connectivity index (χ0n) is 14.8. The quantitative estimate of drug-likeness (QED) is 0.539.